The van der Waals surface area contributed by atoms with Gasteiger partial charge in [-0.1, -0.05) is 26.0 Å². The summed E-state index contributed by atoms with van der Waals surface area (Å²) < 4.78 is 0. The Morgan fingerprint density at radius 3 is 2.00 bits per heavy atom. The summed E-state index contributed by atoms with van der Waals surface area (Å²) in [6, 6.07) is 4.26. The minimum Gasteiger partial charge on any atom is -0.480 e. The van der Waals surface area contributed by atoms with Gasteiger partial charge in [-0.15, -0.1) is 0 Å². The van der Waals surface area contributed by atoms with Crippen molar-refractivity contribution in [3.63, 3.8) is 0 Å². The van der Waals surface area contributed by atoms with E-state index in [2.05, 4.69) is 10.7 Å². The van der Waals surface area contributed by atoms with Gasteiger partial charge in [-0.25, -0.2) is 20.0 Å². The molecule has 0 heterocycles. The molecule has 0 fully saturated rings. The molecule has 0 saturated heterocycles. The minimum absolute atomic E-state index is 0.0338. The standard InChI is InChI=1S/C13H19N3O4.C6H13N3O3/c1-8(2)11(12(17)18)15-16(13(19)20)7-9-3-5-10(14)6-4-9;7-4(5(10)11)2-1-3-9-6(8)12/h3-6,8,11,15H,7,14H2,1-2H3,(H,17,18)(H,19,20);4H,1-3,7H2,(H,10,11)(H3,8,9,12)/t11-;4-/m00/s1. The SMILES string of the molecule is CC(C)[C@H](NN(Cc1ccc(N)cc1)C(=O)O)C(=O)O.NC(=O)NCCC[C@H](N)C(=O)O. The zero-order chi connectivity index (χ0) is 24.8. The number of rotatable bonds is 11. The number of carboxylic acids is 2. The number of carboxylic acid groups (broad SMARTS) is 3. The molecule has 2 atom stereocenters. The number of nitrogens with zero attached hydrogens (tertiary/aromatic N) is 1. The topological polar surface area (TPSA) is 234 Å². The van der Waals surface area contributed by atoms with Crippen molar-refractivity contribution in [3.05, 3.63) is 29.8 Å². The summed E-state index contributed by atoms with van der Waals surface area (Å²) in [6.45, 7) is 3.80. The van der Waals surface area contributed by atoms with Crippen LogP contribution in [0.1, 0.15) is 32.3 Å². The number of carbonyl (C=O) groups is 4. The smallest absolute Gasteiger partial charge is 0.422 e. The molecule has 11 N–H and O–H groups in total. The van der Waals surface area contributed by atoms with E-state index in [4.69, 9.17) is 32.5 Å². The van der Waals surface area contributed by atoms with Crippen LogP contribution in [0.3, 0.4) is 0 Å². The van der Waals surface area contributed by atoms with Crippen LogP contribution in [0.25, 0.3) is 0 Å². The van der Waals surface area contributed by atoms with Crippen LogP contribution < -0.4 is 27.9 Å². The second-order valence-electron chi connectivity index (χ2n) is 7.18. The number of primary amides is 1. The maximum atomic E-state index is 11.2. The Balaban J connectivity index is 0.000000687. The van der Waals surface area contributed by atoms with Crippen LogP contribution in [0.5, 0.6) is 0 Å². The summed E-state index contributed by atoms with van der Waals surface area (Å²) in [7, 11) is 0. The molecule has 0 spiro atoms. The van der Waals surface area contributed by atoms with E-state index in [-0.39, 0.29) is 12.5 Å². The summed E-state index contributed by atoms with van der Waals surface area (Å²) in [5.41, 5.74) is 19.3. The molecule has 1 rings (SSSR count). The Morgan fingerprint density at radius 2 is 1.59 bits per heavy atom. The zero-order valence-corrected chi connectivity index (χ0v) is 18.0. The third-order valence-corrected chi connectivity index (χ3v) is 4.09. The molecule has 3 amide bonds. The molecule has 13 heteroatoms. The lowest BCUT2D eigenvalue weighted by Crippen LogP contribution is -2.52. The maximum Gasteiger partial charge on any atom is 0.422 e. The van der Waals surface area contributed by atoms with Crippen LogP contribution in [-0.4, -0.2) is 63.0 Å². The molecule has 1 aromatic carbocycles. The van der Waals surface area contributed by atoms with Gasteiger partial charge in [0.1, 0.15) is 12.1 Å². The van der Waals surface area contributed by atoms with E-state index in [0.29, 0.717) is 30.6 Å². The van der Waals surface area contributed by atoms with Crippen molar-refractivity contribution < 1.29 is 34.5 Å². The number of urea groups is 1. The average molecular weight is 457 g/mol. The molecule has 0 radical (unpaired) electrons. The number of amides is 3. The molecule has 0 aliphatic heterocycles. The molecular weight excluding hydrogens is 424 g/mol. The third-order valence-electron chi connectivity index (χ3n) is 4.09. The van der Waals surface area contributed by atoms with E-state index < -0.39 is 36.1 Å². The normalized spacial score (nSPS) is 12.1. The first-order valence-corrected chi connectivity index (χ1v) is 9.70. The average Bonchev–Trinajstić information content (AvgIpc) is 2.69. The molecule has 0 aromatic heterocycles. The van der Waals surface area contributed by atoms with Crippen molar-refractivity contribution in [1.82, 2.24) is 15.8 Å². The Labute approximate surface area is 185 Å². The number of benzene rings is 1. The number of nitrogen functional groups attached to an aromatic ring is 1. The second kappa shape index (κ2) is 14.4. The predicted molar refractivity (Wildman–Crippen MR) is 116 cm³/mol. The van der Waals surface area contributed by atoms with Crippen molar-refractivity contribution in [2.24, 2.45) is 17.4 Å². The van der Waals surface area contributed by atoms with Crippen LogP contribution in [0.4, 0.5) is 15.3 Å². The Kier molecular flexibility index (Phi) is 12.8. The van der Waals surface area contributed by atoms with Crippen LogP contribution in [0.2, 0.25) is 0 Å². The molecule has 0 unspecified atom stereocenters. The second-order valence-corrected chi connectivity index (χ2v) is 7.18. The summed E-state index contributed by atoms with van der Waals surface area (Å²) >= 11 is 0. The zero-order valence-electron chi connectivity index (χ0n) is 18.0. The highest BCUT2D eigenvalue weighted by atomic mass is 16.4. The van der Waals surface area contributed by atoms with Crippen molar-refractivity contribution in [2.75, 3.05) is 12.3 Å². The van der Waals surface area contributed by atoms with E-state index in [9.17, 15) is 19.2 Å². The van der Waals surface area contributed by atoms with Gasteiger partial charge >= 0.3 is 24.1 Å². The van der Waals surface area contributed by atoms with Gasteiger partial charge in [0.2, 0.25) is 0 Å². The highest BCUT2D eigenvalue weighted by molar-refractivity contribution is 5.74. The molecule has 0 aliphatic carbocycles. The van der Waals surface area contributed by atoms with Gasteiger partial charge in [0.05, 0.1) is 6.54 Å². The fourth-order valence-electron chi connectivity index (χ4n) is 2.29. The van der Waals surface area contributed by atoms with E-state index >= 15 is 0 Å². The third kappa shape index (κ3) is 12.2. The number of nitrogens with one attached hydrogen (secondary N) is 2. The van der Waals surface area contributed by atoms with Gasteiger partial charge in [-0.05, 0) is 36.5 Å². The number of hydrazine groups is 1. The van der Waals surface area contributed by atoms with Crippen LogP contribution in [0.15, 0.2) is 24.3 Å². The maximum absolute atomic E-state index is 11.2. The molecule has 0 aliphatic rings. The lowest BCUT2D eigenvalue weighted by Gasteiger charge is -2.26. The van der Waals surface area contributed by atoms with E-state index in [0.717, 1.165) is 5.01 Å². The Bertz CT molecular complexity index is 757. The molecule has 1 aromatic rings. The molecule has 13 nitrogen and oxygen atoms in total. The number of nitrogens with two attached hydrogens (primary N) is 3. The molecular formula is C19H32N6O7. The first-order valence-electron chi connectivity index (χ1n) is 9.70. The number of aliphatic carboxylic acids is 2. The van der Waals surface area contributed by atoms with E-state index in [1.54, 1.807) is 38.1 Å². The monoisotopic (exact) mass is 456 g/mol. The van der Waals surface area contributed by atoms with Crippen molar-refractivity contribution >= 4 is 29.8 Å². The van der Waals surface area contributed by atoms with Gasteiger partial charge in [-0.3, -0.25) is 9.59 Å². The lowest BCUT2D eigenvalue weighted by molar-refractivity contribution is -0.142. The van der Waals surface area contributed by atoms with Crippen LogP contribution in [0, 0.1) is 5.92 Å². The van der Waals surface area contributed by atoms with Gasteiger partial charge in [0.15, 0.2) is 0 Å². The fraction of sp³-hybridized carbons (Fsp3) is 0.474. The largest absolute Gasteiger partial charge is 0.480 e. The summed E-state index contributed by atoms with van der Waals surface area (Å²) in [6.07, 6.45) is -0.403. The van der Waals surface area contributed by atoms with E-state index in [1.807, 2.05) is 0 Å². The Hall–Kier alpha value is -3.58. The lowest BCUT2D eigenvalue weighted by atomic mass is 10.1. The molecule has 0 bridgehead atoms. The molecule has 0 saturated carbocycles. The van der Waals surface area contributed by atoms with Crippen LogP contribution in [-0.2, 0) is 16.1 Å². The quantitative estimate of drug-likeness (QED) is 0.128. The minimum atomic E-state index is -1.24. The summed E-state index contributed by atoms with van der Waals surface area (Å²) in [4.78, 5) is 42.6. The highest BCUT2D eigenvalue weighted by Gasteiger charge is 2.26. The van der Waals surface area contributed by atoms with E-state index in [1.165, 1.54) is 0 Å². The first kappa shape index (κ1) is 28.4. The number of anilines is 1. The van der Waals surface area contributed by atoms with Gasteiger partial charge < -0.3 is 37.8 Å². The predicted octanol–water partition coefficient (Wildman–Crippen LogP) is 0.209. The Morgan fingerprint density at radius 1 is 1.03 bits per heavy atom. The van der Waals surface area contributed by atoms with Crippen molar-refractivity contribution in [3.8, 4) is 0 Å². The summed E-state index contributed by atoms with van der Waals surface area (Å²) in [5, 5.41) is 29.8. The van der Waals surface area contributed by atoms with Gasteiger partial charge in [0, 0.05) is 12.2 Å². The number of hydrogen-bond donors (Lipinski definition) is 8. The van der Waals surface area contributed by atoms with Gasteiger partial charge in [-0.2, -0.15) is 0 Å². The summed E-state index contributed by atoms with van der Waals surface area (Å²) in [5.74, 6) is -2.38. The molecule has 180 valence electrons. The van der Waals surface area contributed by atoms with Crippen molar-refractivity contribution in [2.45, 2.75) is 45.3 Å². The van der Waals surface area contributed by atoms with Gasteiger partial charge in [0.25, 0.3) is 0 Å². The van der Waals surface area contributed by atoms with Crippen molar-refractivity contribution in [1.29, 1.82) is 0 Å². The highest BCUT2D eigenvalue weighted by Crippen LogP contribution is 2.10. The van der Waals surface area contributed by atoms with Crippen LogP contribution >= 0.6 is 0 Å². The number of carbonyl (C=O) groups excluding carboxylic acids is 1. The fourth-order valence-corrected chi connectivity index (χ4v) is 2.29. The first-order chi connectivity index (χ1) is 14.8. The number of hydrogen-bond acceptors (Lipinski definition) is 7. The molecule has 32 heavy (non-hydrogen) atoms.